The molecule has 1 atom stereocenters. The summed E-state index contributed by atoms with van der Waals surface area (Å²) >= 11 is 0. The molecule has 3 rings (SSSR count). The van der Waals surface area contributed by atoms with Gasteiger partial charge in [-0.15, -0.1) is 0 Å². The number of amides is 3. The van der Waals surface area contributed by atoms with Crippen LogP contribution in [0.1, 0.15) is 12.0 Å². The Hall–Kier alpha value is -2.12. The average molecular weight is 346 g/mol. The van der Waals surface area contributed by atoms with Gasteiger partial charge in [-0.25, -0.2) is 4.79 Å². The molecule has 1 aromatic rings. The average Bonchev–Trinajstić information content (AvgIpc) is 3.01. The van der Waals surface area contributed by atoms with E-state index in [-0.39, 0.29) is 18.0 Å². The van der Waals surface area contributed by atoms with Crippen LogP contribution < -0.4 is 10.6 Å². The van der Waals surface area contributed by atoms with Crippen LogP contribution in [0, 0.1) is 0 Å². The molecule has 0 saturated carbocycles. The Morgan fingerprint density at radius 1 is 1.28 bits per heavy atom. The number of carbonyl (C=O) groups excluding carboxylic acids is 2. The van der Waals surface area contributed by atoms with Crippen molar-refractivity contribution in [1.82, 2.24) is 20.4 Å². The molecule has 2 aliphatic heterocycles. The first-order valence-electron chi connectivity index (χ1n) is 8.88. The highest BCUT2D eigenvalue weighted by Gasteiger charge is 2.23. The first kappa shape index (κ1) is 17.7. The summed E-state index contributed by atoms with van der Waals surface area (Å²) in [7, 11) is 0. The summed E-state index contributed by atoms with van der Waals surface area (Å²) in [5, 5.41) is 5.63. The Morgan fingerprint density at radius 3 is 2.88 bits per heavy atom. The molecule has 0 spiro atoms. The number of carbonyl (C=O) groups is 2. The molecule has 2 fully saturated rings. The van der Waals surface area contributed by atoms with Crippen LogP contribution in [-0.4, -0.2) is 73.7 Å². The fourth-order valence-electron chi connectivity index (χ4n) is 3.22. The van der Waals surface area contributed by atoms with Crippen molar-refractivity contribution in [2.75, 3.05) is 45.9 Å². The fraction of sp³-hybridized carbons (Fsp3) is 0.556. The van der Waals surface area contributed by atoms with Gasteiger partial charge in [0.15, 0.2) is 0 Å². The molecular formula is C18H26N4O3. The lowest BCUT2D eigenvalue weighted by molar-refractivity contribution is -0.126. The Bertz CT molecular complexity index is 581. The smallest absolute Gasteiger partial charge is 0.317 e. The number of urea groups is 1. The molecule has 2 N–H and O–H groups in total. The Labute approximate surface area is 148 Å². The summed E-state index contributed by atoms with van der Waals surface area (Å²) in [4.78, 5) is 27.6. The lowest BCUT2D eigenvalue weighted by atomic mass is 10.1. The number of morpholine rings is 1. The maximum absolute atomic E-state index is 12.1. The Balaban J connectivity index is 1.36. The number of hydrogen-bond donors (Lipinski definition) is 2. The lowest BCUT2D eigenvalue weighted by Crippen LogP contribution is -2.44. The normalized spacial score (nSPS) is 21.2. The van der Waals surface area contributed by atoms with Gasteiger partial charge in [0.25, 0.3) is 0 Å². The number of hydrogen-bond acceptors (Lipinski definition) is 4. The van der Waals surface area contributed by atoms with Crippen molar-refractivity contribution in [3.05, 3.63) is 35.9 Å². The maximum atomic E-state index is 12.1. The van der Waals surface area contributed by atoms with E-state index >= 15 is 0 Å². The predicted molar refractivity (Wildman–Crippen MR) is 94.1 cm³/mol. The van der Waals surface area contributed by atoms with E-state index in [2.05, 4.69) is 27.7 Å². The van der Waals surface area contributed by atoms with Gasteiger partial charge in [0.05, 0.1) is 19.1 Å². The van der Waals surface area contributed by atoms with Crippen LogP contribution in [0.25, 0.3) is 0 Å². The number of ether oxygens (including phenoxy) is 1. The van der Waals surface area contributed by atoms with Gasteiger partial charge in [-0.05, 0) is 5.56 Å². The van der Waals surface area contributed by atoms with Gasteiger partial charge in [0.1, 0.15) is 0 Å². The molecule has 0 aliphatic carbocycles. The van der Waals surface area contributed by atoms with Crippen molar-refractivity contribution in [3.63, 3.8) is 0 Å². The highest BCUT2D eigenvalue weighted by Crippen LogP contribution is 2.12. The second kappa shape index (κ2) is 8.82. The molecule has 0 unspecified atom stereocenters. The van der Waals surface area contributed by atoms with E-state index < -0.39 is 0 Å². The topological polar surface area (TPSA) is 73.9 Å². The van der Waals surface area contributed by atoms with E-state index in [1.165, 1.54) is 5.56 Å². The van der Waals surface area contributed by atoms with E-state index in [0.717, 1.165) is 19.6 Å². The minimum Gasteiger partial charge on any atom is -0.375 e. The van der Waals surface area contributed by atoms with E-state index in [4.69, 9.17) is 4.74 Å². The minimum absolute atomic E-state index is 0.0221. The summed E-state index contributed by atoms with van der Waals surface area (Å²) in [6.45, 7) is 5.59. The molecule has 7 nitrogen and oxygen atoms in total. The quantitative estimate of drug-likeness (QED) is 0.750. The van der Waals surface area contributed by atoms with Gasteiger partial charge < -0.3 is 20.3 Å². The van der Waals surface area contributed by atoms with Gasteiger partial charge in [-0.1, -0.05) is 30.3 Å². The van der Waals surface area contributed by atoms with Gasteiger partial charge >= 0.3 is 6.03 Å². The van der Waals surface area contributed by atoms with Crippen molar-refractivity contribution in [1.29, 1.82) is 0 Å². The largest absolute Gasteiger partial charge is 0.375 e. The van der Waals surface area contributed by atoms with Gasteiger partial charge in [0.2, 0.25) is 5.91 Å². The minimum atomic E-state index is -0.0763. The second-order valence-electron chi connectivity index (χ2n) is 6.49. The molecule has 25 heavy (non-hydrogen) atoms. The van der Waals surface area contributed by atoms with Crippen LogP contribution in [0.2, 0.25) is 0 Å². The summed E-state index contributed by atoms with van der Waals surface area (Å²) < 4.78 is 5.74. The van der Waals surface area contributed by atoms with Crippen molar-refractivity contribution in [2.24, 2.45) is 0 Å². The first-order chi connectivity index (χ1) is 12.2. The van der Waals surface area contributed by atoms with Crippen molar-refractivity contribution < 1.29 is 14.3 Å². The van der Waals surface area contributed by atoms with Crippen molar-refractivity contribution in [2.45, 2.75) is 19.1 Å². The van der Waals surface area contributed by atoms with E-state index in [0.29, 0.717) is 39.2 Å². The monoisotopic (exact) mass is 346 g/mol. The van der Waals surface area contributed by atoms with Crippen LogP contribution in [0.5, 0.6) is 0 Å². The van der Waals surface area contributed by atoms with E-state index in [1.54, 1.807) is 4.90 Å². The SMILES string of the molecule is O=C(C[C@@H]1CN(Cc2ccccc2)CCO1)NCCN1CCNC1=O. The van der Waals surface area contributed by atoms with Crippen LogP contribution >= 0.6 is 0 Å². The third kappa shape index (κ3) is 5.44. The molecule has 0 bridgehead atoms. The predicted octanol–water partition coefficient (Wildman–Crippen LogP) is 0.419. The third-order valence-electron chi connectivity index (χ3n) is 4.53. The van der Waals surface area contributed by atoms with Crippen LogP contribution in [-0.2, 0) is 16.1 Å². The highest BCUT2D eigenvalue weighted by atomic mass is 16.5. The summed E-state index contributed by atoms with van der Waals surface area (Å²) in [5.41, 5.74) is 1.27. The van der Waals surface area contributed by atoms with Crippen LogP contribution in [0.3, 0.4) is 0 Å². The number of benzene rings is 1. The standard InChI is InChI=1S/C18H26N4O3/c23-17(19-6-8-22-9-7-20-18(22)24)12-16-14-21(10-11-25-16)13-15-4-2-1-3-5-15/h1-5,16H,6-14H2,(H,19,23)(H,20,24)/t16-/m1/s1. The number of nitrogens with zero attached hydrogens (tertiary/aromatic N) is 2. The zero-order chi connectivity index (χ0) is 17.5. The van der Waals surface area contributed by atoms with Crippen LogP contribution in [0.15, 0.2) is 30.3 Å². The molecule has 1 aromatic carbocycles. The third-order valence-corrected chi connectivity index (χ3v) is 4.53. The van der Waals surface area contributed by atoms with Gasteiger partial charge in [-0.2, -0.15) is 0 Å². The molecule has 7 heteroatoms. The number of nitrogens with one attached hydrogen (secondary N) is 2. The molecule has 2 saturated heterocycles. The highest BCUT2D eigenvalue weighted by molar-refractivity contribution is 5.77. The summed E-state index contributed by atoms with van der Waals surface area (Å²) in [6.07, 6.45) is 0.282. The van der Waals surface area contributed by atoms with Crippen molar-refractivity contribution >= 4 is 11.9 Å². The van der Waals surface area contributed by atoms with Crippen molar-refractivity contribution in [3.8, 4) is 0 Å². The first-order valence-corrected chi connectivity index (χ1v) is 8.88. The van der Waals surface area contributed by atoms with E-state index in [9.17, 15) is 9.59 Å². The number of rotatable bonds is 7. The molecule has 136 valence electrons. The Morgan fingerprint density at radius 2 is 2.12 bits per heavy atom. The molecular weight excluding hydrogens is 320 g/mol. The van der Waals surface area contributed by atoms with Gasteiger partial charge in [-0.3, -0.25) is 9.69 Å². The molecule has 3 amide bonds. The molecule has 0 radical (unpaired) electrons. The Kier molecular flexibility index (Phi) is 6.25. The lowest BCUT2D eigenvalue weighted by Gasteiger charge is -2.32. The van der Waals surface area contributed by atoms with Crippen LogP contribution in [0.4, 0.5) is 4.79 Å². The molecule has 2 aliphatic rings. The maximum Gasteiger partial charge on any atom is 0.317 e. The summed E-state index contributed by atoms with van der Waals surface area (Å²) in [5.74, 6) is -0.0221. The van der Waals surface area contributed by atoms with Gasteiger partial charge in [0, 0.05) is 45.8 Å². The fourth-order valence-corrected chi connectivity index (χ4v) is 3.22. The zero-order valence-corrected chi connectivity index (χ0v) is 14.4. The molecule has 0 aromatic heterocycles. The van der Waals surface area contributed by atoms with E-state index in [1.807, 2.05) is 18.2 Å². The molecule has 2 heterocycles. The zero-order valence-electron chi connectivity index (χ0n) is 14.4. The second-order valence-corrected chi connectivity index (χ2v) is 6.49. The summed E-state index contributed by atoms with van der Waals surface area (Å²) in [6, 6.07) is 10.3.